The van der Waals surface area contributed by atoms with Crippen molar-refractivity contribution in [3.05, 3.63) is 35.5 Å². The van der Waals surface area contributed by atoms with Gasteiger partial charge in [0.15, 0.2) is 0 Å². The van der Waals surface area contributed by atoms with Crippen molar-refractivity contribution in [3.8, 4) is 0 Å². The predicted molar refractivity (Wildman–Crippen MR) is 83.5 cm³/mol. The number of nitrogens with zero attached hydrogens (tertiary/aromatic N) is 5. The van der Waals surface area contributed by atoms with E-state index in [-0.39, 0.29) is 6.10 Å². The second-order valence-corrected chi connectivity index (χ2v) is 5.51. The molecule has 0 unspecified atom stereocenters. The quantitative estimate of drug-likeness (QED) is 0.913. The Labute approximate surface area is 130 Å². The average molecular weight is 302 g/mol. The lowest BCUT2D eigenvalue weighted by Crippen LogP contribution is -2.38. The van der Waals surface area contributed by atoms with E-state index in [1.54, 1.807) is 12.4 Å². The van der Waals surface area contributed by atoms with Crippen molar-refractivity contribution in [2.24, 2.45) is 7.05 Å². The first-order chi connectivity index (χ1) is 10.7. The average Bonchev–Trinajstić information content (AvgIpc) is 2.87. The minimum atomic E-state index is -0.0538. The summed E-state index contributed by atoms with van der Waals surface area (Å²) in [4.78, 5) is 11.1. The highest BCUT2D eigenvalue weighted by Gasteiger charge is 2.26. The third-order valence-corrected chi connectivity index (χ3v) is 4.15. The molecule has 0 radical (unpaired) electrons. The van der Waals surface area contributed by atoms with Crippen molar-refractivity contribution in [3.63, 3.8) is 0 Å². The van der Waals surface area contributed by atoms with Gasteiger partial charge in [-0.05, 0) is 6.92 Å². The standard InChI is InChI=1S/C15H22N6O/c1-11-12(8-19-20(11)3)9-21-6-7-22-13(10-21)14-15(16-2)18-5-4-17-14/h4-5,8,13H,6-7,9-10H2,1-3H3,(H,16,18)/t13-/m0/s1. The van der Waals surface area contributed by atoms with E-state index in [1.165, 1.54) is 11.3 Å². The molecule has 0 saturated carbocycles. The highest BCUT2D eigenvalue weighted by Crippen LogP contribution is 2.26. The molecule has 1 aliphatic heterocycles. The molecule has 0 aliphatic carbocycles. The van der Waals surface area contributed by atoms with Crippen LogP contribution >= 0.6 is 0 Å². The molecule has 0 spiro atoms. The molecular formula is C15H22N6O. The minimum absolute atomic E-state index is 0.0538. The summed E-state index contributed by atoms with van der Waals surface area (Å²) in [6, 6.07) is 0. The Hall–Kier alpha value is -1.99. The molecule has 1 saturated heterocycles. The Morgan fingerprint density at radius 3 is 2.91 bits per heavy atom. The van der Waals surface area contributed by atoms with Crippen LogP contribution in [0.25, 0.3) is 0 Å². The number of hydrogen-bond donors (Lipinski definition) is 1. The first-order valence-electron chi connectivity index (χ1n) is 7.49. The predicted octanol–water partition coefficient (Wildman–Crippen LogP) is 1.13. The van der Waals surface area contributed by atoms with Crippen LogP contribution in [0.5, 0.6) is 0 Å². The second-order valence-electron chi connectivity index (χ2n) is 5.51. The molecule has 0 amide bonds. The lowest BCUT2D eigenvalue weighted by atomic mass is 10.1. The molecule has 1 atom stereocenters. The first-order valence-corrected chi connectivity index (χ1v) is 7.49. The van der Waals surface area contributed by atoms with Crippen LogP contribution in [0.2, 0.25) is 0 Å². The second kappa shape index (κ2) is 6.41. The van der Waals surface area contributed by atoms with Crippen LogP contribution in [0.15, 0.2) is 18.6 Å². The topological polar surface area (TPSA) is 68.1 Å². The van der Waals surface area contributed by atoms with Gasteiger partial charge in [0.1, 0.15) is 17.6 Å². The van der Waals surface area contributed by atoms with E-state index in [1.807, 2.05) is 25.0 Å². The fourth-order valence-corrected chi connectivity index (χ4v) is 2.73. The van der Waals surface area contributed by atoms with E-state index < -0.39 is 0 Å². The van der Waals surface area contributed by atoms with Gasteiger partial charge in [-0.1, -0.05) is 0 Å². The van der Waals surface area contributed by atoms with E-state index in [9.17, 15) is 0 Å². The third-order valence-electron chi connectivity index (χ3n) is 4.15. The first kappa shape index (κ1) is 14.9. The zero-order chi connectivity index (χ0) is 15.5. The van der Waals surface area contributed by atoms with Crippen molar-refractivity contribution in [1.82, 2.24) is 24.6 Å². The monoisotopic (exact) mass is 302 g/mol. The van der Waals surface area contributed by atoms with Gasteiger partial charge >= 0.3 is 0 Å². The summed E-state index contributed by atoms with van der Waals surface area (Å²) in [5.74, 6) is 0.784. The van der Waals surface area contributed by atoms with Crippen molar-refractivity contribution < 1.29 is 4.74 Å². The zero-order valence-corrected chi connectivity index (χ0v) is 13.3. The largest absolute Gasteiger partial charge is 0.372 e. The highest BCUT2D eigenvalue weighted by atomic mass is 16.5. The number of aryl methyl sites for hydroxylation is 1. The molecule has 3 rings (SSSR count). The molecule has 1 aliphatic rings. The molecule has 118 valence electrons. The van der Waals surface area contributed by atoms with Crippen LogP contribution in [0.4, 0.5) is 5.82 Å². The van der Waals surface area contributed by atoms with Crippen LogP contribution in [0, 0.1) is 6.92 Å². The van der Waals surface area contributed by atoms with Gasteiger partial charge in [-0.3, -0.25) is 14.6 Å². The lowest BCUT2D eigenvalue weighted by molar-refractivity contribution is -0.0348. The number of morpholine rings is 1. The normalized spacial score (nSPS) is 19.3. The molecule has 0 bridgehead atoms. The fourth-order valence-electron chi connectivity index (χ4n) is 2.73. The number of hydrogen-bond acceptors (Lipinski definition) is 6. The van der Waals surface area contributed by atoms with E-state index in [4.69, 9.17) is 4.74 Å². The number of nitrogens with one attached hydrogen (secondary N) is 1. The molecule has 2 aromatic rings. The molecule has 1 fully saturated rings. The molecule has 2 aromatic heterocycles. The van der Waals surface area contributed by atoms with E-state index >= 15 is 0 Å². The Bertz CT molecular complexity index is 641. The van der Waals surface area contributed by atoms with Crippen LogP contribution in [-0.4, -0.2) is 51.4 Å². The van der Waals surface area contributed by atoms with Gasteiger partial charge in [-0.2, -0.15) is 5.10 Å². The molecule has 22 heavy (non-hydrogen) atoms. The Morgan fingerprint density at radius 1 is 1.36 bits per heavy atom. The van der Waals surface area contributed by atoms with E-state index in [0.717, 1.165) is 31.1 Å². The van der Waals surface area contributed by atoms with Crippen LogP contribution < -0.4 is 5.32 Å². The van der Waals surface area contributed by atoms with Gasteiger partial charge in [-0.25, -0.2) is 4.98 Å². The van der Waals surface area contributed by atoms with Crippen LogP contribution in [0.1, 0.15) is 23.1 Å². The van der Waals surface area contributed by atoms with Crippen LogP contribution in [0.3, 0.4) is 0 Å². The maximum Gasteiger partial charge on any atom is 0.150 e. The van der Waals surface area contributed by atoms with Gasteiger partial charge < -0.3 is 10.1 Å². The smallest absolute Gasteiger partial charge is 0.150 e. The third kappa shape index (κ3) is 2.95. The van der Waals surface area contributed by atoms with E-state index in [2.05, 4.69) is 32.2 Å². The molecule has 3 heterocycles. The molecule has 1 N–H and O–H groups in total. The number of anilines is 1. The van der Waals surface area contributed by atoms with Gasteiger partial charge in [0, 0.05) is 57.4 Å². The summed E-state index contributed by atoms with van der Waals surface area (Å²) >= 11 is 0. The Kier molecular flexibility index (Phi) is 4.35. The van der Waals surface area contributed by atoms with E-state index in [0.29, 0.717) is 6.61 Å². The SMILES string of the molecule is CNc1nccnc1[C@@H]1CN(Cc2cnn(C)c2C)CCO1. The van der Waals surface area contributed by atoms with Crippen molar-refractivity contribution in [2.45, 2.75) is 19.6 Å². The number of aromatic nitrogens is 4. The van der Waals surface area contributed by atoms with Crippen LogP contribution in [-0.2, 0) is 18.3 Å². The molecule has 7 heteroatoms. The Morgan fingerprint density at radius 2 is 2.18 bits per heavy atom. The fraction of sp³-hybridized carbons (Fsp3) is 0.533. The maximum absolute atomic E-state index is 5.90. The zero-order valence-electron chi connectivity index (χ0n) is 13.3. The summed E-state index contributed by atoms with van der Waals surface area (Å²) < 4.78 is 7.82. The number of rotatable bonds is 4. The molecule has 0 aromatic carbocycles. The van der Waals surface area contributed by atoms with Gasteiger partial charge in [-0.15, -0.1) is 0 Å². The Balaban J connectivity index is 1.73. The minimum Gasteiger partial charge on any atom is -0.372 e. The van der Waals surface area contributed by atoms with Crippen molar-refractivity contribution in [2.75, 3.05) is 32.1 Å². The summed E-state index contributed by atoms with van der Waals surface area (Å²) in [6.45, 7) is 5.40. The number of ether oxygens (including phenoxy) is 1. The summed E-state index contributed by atoms with van der Waals surface area (Å²) in [5.41, 5.74) is 3.34. The van der Waals surface area contributed by atoms with Crippen molar-refractivity contribution >= 4 is 5.82 Å². The lowest BCUT2D eigenvalue weighted by Gasteiger charge is -2.32. The van der Waals surface area contributed by atoms with Gasteiger partial charge in [0.2, 0.25) is 0 Å². The van der Waals surface area contributed by atoms with Gasteiger partial charge in [0.05, 0.1) is 12.8 Å². The van der Waals surface area contributed by atoms with Gasteiger partial charge in [0.25, 0.3) is 0 Å². The molecular weight excluding hydrogens is 280 g/mol. The molecule has 7 nitrogen and oxygen atoms in total. The summed E-state index contributed by atoms with van der Waals surface area (Å²) in [5, 5.41) is 7.40. The highest BCUT2D eigenvalue weighted by molar-refractivity contribution is 5.40. The summed E-state index contributed by atoms with van der Waals surface area (Å²) in [7, 11) is 3.83. The van der Waals surface area contributed by atoms with Crippen molar-refractivity contribution in [1.29, 1.82) is 0 Å². The summed E-state index contributed by atoms with van der Waals surface area (Å²) in [6.07, 6.45) is 5.29. The maximum atomic E-state index is 5.90.